The van der Waals surface area contributed by atoms with E-state index >= 15 is 0 Å². The number of sulfonamides is 1. The highest BCUT2D eigenvalue weighted by atomic mass is 32.2. The summed E-state index contributed by atoms with van der Waals surface area (Å²) in [6, 6.07) is 21.2. The molecule has 0 spiro atoms. The summed E-state index contributed by atoms with van der Waals surface area (Å²) in [7, 11) is -2.51. The van der Waals surface area contributed by atoms with Gasteiger partial charge in [-0.25, -0.2) is 8.42 Å². The third-order valence-electron chi connectivity index (χ3n) is 6.01. The minimum atomic E-state index is -4.08. The van der Waals surface area contributed by atoms with Gasteiger partial charge in [0.25, 0.3) is 10.0 Å². The monoisotopic (exact) mass is 537 g/mol. The van der Waals surface area contributed by atoms with E-state index < -0.39 is 28.5 Å². The van der Waals surface area contributed by atoms with E-state index in [-0.39, 0.29) is 23.4 Å². The van der Waals surface area contributed by atoms with Gasteiger partial charge in [0.05, 0.1) is 17.7 Å². The first-order valence-corrected chi connectivity index (χ1v) is 13.8. The second-order valence-electron chi connectivity index (χ2n) is 9.37. The number of hydrogen-bond donors (Lipinski definition) is 1. The Morgan fingerprint density at radius 1 is 0.921 bits per heavy atom. The van der Waals surface area contributed by atoms with Crippen LogP contribution in [0.5, 0.6) is 5.75 Å². The first-order chi connectivity index (χ1) is 18.0. The van der Waals surface area contributed by atoms with E-state index in [1.165, 1.54) is 17.0 Å². The summed E-state index contributed by atoms with van der Waals surface area (Å²) in [5.41, 5.74) is 1.99. The van der Waals surface area contributed by atoms with E-state index in [0.717, 1.165) is 15.4 Å². The first kappa shape index (κ1) is 28.7. The van der Waals surface area contributed by atoms with E-state index in [1.54, 1.807) is 62.6 Å². The number of carbonyl (C=O) groups excluding carboxylic acids is 2. The molecule has 3 aromatic rings. The van der Waals surface area contributed by atoms with E-state index in [9.17, 15) is 18.0 Å². The number of aryl methyl sites for hydroxylation is 1. The van der Waals surface area contributed by atoms with Gasteiger partial charge in [0.15, 0.2) is 0 Å². The van der Waals surface area contributed by atoms with Gasteiger partial charge >= 0.3 is 0 Å². The largest absolute Gasteiger partial charge is 0.497 e. The molecule has 0 radical (unpaired) electrons. The Hall–Kier alpha value is -3.85. The molecule has 1 atom stereocenters. The van der Waals surface area contributed by atoms with Crippen LogP contribution < -0.4 is 14.4 Å². The smallest absolute Gasteiger partial charge is 0.264 e. The number of nitrogens with one attached hydrogen (secondary N) is 1. The summed E-state index contributed by atoms with van der Waals surface area (Å²) in [6.45, 7) is 6.81. The fourth-order valence-electron chi connectivity index (χ4n) is 3.95. The first-order valence-electron chi connectivity index (χ1n) is 12.4. The van der Waals surface area contributed by atoms with Crippen molar-refractivity contribution in [2.75, 3.05) is 18.0 Å². The van der Waals surface area contributed by atoms with Gasteiger partial charge in [0, 0.05) is 12.6 Å². The highest BCUT2D eigenvalue weighted by molar-refractivity contribution is 7.92. The minimum absolute atomic E-state index is 0.0709. The summed E-state index contributed by atoms with van der Waals surface area (Å²) < 4.78 is 33.8. The number of methoxy groups -OCH3 is 1. The molecule has 9 heteroatoms. The molecule has 0 heterocycles. The zero-order valence-electron chi connectivity index (χ0n) is 22.4. The highest BCUT2D eigenvalue weighted by Crippen LogP contribution is 2.25. The molecule has 0 fully saturated rings. The number of amides is 2. The quantitative estimate of drug-likeness (QED) is 0.397. The van der Waals surface area contributed by atoms with Gasteiger partial charge in [0.2, 0.25) is 11.8 Å². The molecular weight excluding hydrogens is 502 g/mol. The van der Waals surface area contributed by atoms with Crippen LogP contribution in [0.25, 0.3) is 0 Å². The molecular formula is C29H35N3O5S. The predicted octanol–water partition coefficient (Wildman–Crippen LogP) is 4.14. The van der Waals surface area contributed by atoms with Crippen molar-refractivity contribution < 1.29 is 22.7 Å². The second-order valence-corrected chi connectivity index (χ2v) is 11.2. The standard InChI is InChI=1S/C29H35N3O5S/c1-21(2)30-29(34)23(4)31(19-24-14-16-26(37-5)17-15-24)28(33)20-32(25-11-9-10-22(3)18-25)38(35,36)27-12-7-6-8-13-27/h6-18,21,23H,19-20H2,1-5H3,(H,30,34). The molecule has 0 aromatic heterocycles. The number of ether oxygens (including phenoxy) is 1. The maximum Gasteiger partial charge on any atom is 0.264 e. The SMILES string of the molecule is COc1ccc(CN(C(=O)CN(c2cccc(C)c2)S(=O)(=O)c2ccccc2)C(C)C(=O)NC(C)C)cc1. The van der Waals surface area contributed by atoms with Gasteiger partial charge in [-0.3, -0.25) is 13.9 Å². The van der Waals surface area contributed by atoms with Crippen LogP contribution in [0.4, 0.5) is 5.69 Å². The Morgan fingerprint density at radius 2 is 1.58 bits per heavy atom. The maximum absolute atomic E-state index is 13.9. The Bertz CT molecular complexity index is 1340. The number of benzene rings is 3. The summed E-state index contributed by atoms with van der Waals surface area (Å²) in [5, 5.41) is 2.85. The van der Waals surface area contributed by atoms with Crippen molar-refractivity contribution >= 4 is 27.5 Å². The molecule has 8 nitrogen and oxygen atoms in total. The Labute approximate surface area is 225 Å². The molecule has 0 aliphatic carbocycles. The molecule has 0 bridgehead atoms. The van der Waals surface area contributed by atoms with Crippen LogP contribution in [-0.2, 0) is 26.2 Å². The minimum Gasteiger partial charge on any atom is -0.497 e. The van der Waals surface area contributed by atoms with Crippen LogP contribution in [0.1, 0.15) is 31.9 Å². The average molecular weight is 538 g/mol. The van der Waals surface area contributed by atoms with Crippen molar-refractivity contribution in [1.29, 1.82) is 0 Å². The summed E-state index contributed by atoms with van der Waals surface area (Å²) in [5.74, 6) is -0.167. The van der Waals surface area contributed by atoms with Crippen molar-refractivity contribution in [1.82, 2.24) is 10.2 Å². The fourth-order valence-corrected chi connectivity index (χ4v) is 5.37. The molecule has 38 heavy (non-hydrogen) atoms. The lowest BCUT2D eigenvalue weighted by Gasteiger charge is -2.32. The third-order valence-corrected chi connectivity index (χ3v) is 7.80. The summed E-state index contributed by atoms with van der Waals surface area (Å²) in [4.78, 5) is 28.3. The Morgan fingerprint density at radius 3 is 2.16 bits per heavy atom. The van der Waals surface area contributed by atoms with Crippen molar-refractivity contribution in [3.63, 3.8) is 0 Å². The van der Waals surface area contributed by atoms with Crippen molar-refractivity contribution in [3.8, 4) is 5.75 Å². The highest BCUT2D eigenvalue weighted by Gasteiger charge is 2.32. The Kier molecular flexibility index (Phi) is 9.52. The van der Waals surface area contributed by atoms with E-state index in [2.05, 4.69) is 5.32 Å². The van der Waals surface area contributed by atoms with Crippen molar-refractivity contribution in [2.45, 2.75) is 51.2 Å². The predicted molar refractivity (Wildman–Crippen MR) is 148 cm³/mol. The lowest BCUT2D eigenvalue weighted by atomic mass is 10.1. The van der Waals surface area contributed by atoms with Crippen LogP contribution in [0.2, 0.25) is 0 Å². The molecule has 3 rings (SSSR count). The number of hydrogen-bond acceptors (Lipinski definition) is 5. The van der Waals surface area contributed by atoms with E-state index in [4.69, 9.17) is 4.74 Å². The third kappa shape index (κ3) is 7.13. The van der Waals surface area contributed by atoms with Gasteiger partial charge in [-0.1, -0.05) is 42.5 Å². The van der Waals surface area contributed by atoms with Crippen molar-refractivity contribution in [2.24, 2.45) is 0 Å². The summed E-state index contributed by atoms with van der Waals surface area (Å²) in [6.07, 6.45) is 0. The van der Waals surface area contributed by atoms with Gasteiger partial charge in [-0.2, -0.15) is 0 Å². The molecule has 3 aromatic carbocycles. The van der Waals surface area contributed by atoms with Crippen LogP contribution in [-0.4, -0.2) is 50.9 Å². The van der Waals surface area contributed by atoms with Gasteiger partial charge in [-0.05, 0) is 75.2 Å². The van der Waals surface area contributed by atoms with Crippen LogP contribution >= 0.6 is 0 Å². The lowest BCUT2D eigenvalue weighted by molar-refractivity contribution is -0.139. The zero-order valence-corrected chi connectivity index (χ0v) is 23.2. The molecule has 202 valence electrons. The van der Waals surface area contributed by atoms with Gasteiger partial charge in [-0.15, -0.1) is 0 Å². The van der Waals surface area contributed by atoms with Gasteiger partial charge in [0.1, 0.15) is 18.3 Å². The second kappa shape index (κ2) is 12.6. The maximum atomic E-state index is 13.9. The van der Waals surface area contributed by atoms with Crippen molar-refractivity contribution in [3.05, 3.63) is 90.0 Å². The number of carbonyl (C=O) groups is 2. The zero-order chi connectivity index (χ0) is 27.9. The Balaban J connectivity index is 2.01. The fraction of sp³-hybridized carbons (Fsp3) is 0.310. The normalized spacial score (nSPS) is 12.1. The number of rotatable bonds is 11. The summed E-state index contributed by atoms with van der Waals surface area (Å²) >= 11 is 0. The van der Waals surface area contributed by atoms with Crippen LogP contribution in [0, 0.1) is 6.92 Å². The molecule has 1 unspecified atom stereocenters. The average Bonchev–Trinajstić information content (AvgIpc) is 2.90. The molecule has 2 amide bonds. The number of nitrogens with zero attached hydrogens (tertiary/aromatic N) is 2. The van der Waals surface area contributed by atoms with Crippen LogP contribution in [0.15, 0.2) is 83.8 Å². The molecule has 0 aliphatic heterocycles. The van der Waals surface area contributed by atoms with E-state index in [1.807, 2.05) is 39.0 Å². The molecule has 1 N–H and O–H groups in total. The lowest BCUT2D eigenvalue weighted by Crippen LogP contribution is -2.52. The van der Waals surface area contributed by atoms with E-state index in [0.29, 0.717) is 11.4 Å². The molecule has 0 saturated carbocycles. The number of anilines is 1. The topological polar surface area (TPSA) is 96.0 Å². The molecule has 0 saturated heterocycles. The van der Waals surface area contributed by atoms with Gasteiger partial charge < -0.3 is 15.0 Å². The molecule has 0 aliphatic rings. The van der Waals surface area contributed by atoms with Crippen LogP contribution in [0.3, 0.4) is 0 Å².